The average molecular weight is 416 g/mol. The zero-order valence-electron chi connectivity index (χ0n) is 14.3. The highest BCUT2D eigenvalue weighted by Crippen LogP contribution is 2.34. The van der Waals surface area contributed by atoms with E-state index >= 15 is 0 Å². The lowest BCUT2D eigenvalue weighted by Gasteiger charge is -2.11. The van der Waals surface area contributed by atoms with Gasteiger partial charge in [-0.3, -0.25) is 14.8 Å². The number of hydrogen-bond donors (Lipinski definition) is 1. The summed E-state index contributed by atoms with van der Waals surface area (Å²) in [6.07, 6.45) is 0. The van der Waals surface area contributed by atoms with Crippen LogP contribution in [-0.4, -0.2) is 13.3 Å². The van der Waals surface area contributed by atoms with Crippen LogP contribution in [-0.2, 0) is 10.0 Å². The Kier molecular flexibility index (Phi) is 4.16. The Bertz CT molecular complexity index is 1420. The maximum Gasteiger partial charge on any atom is 0.396 e. The van der Waals surface area contributed by atoms with Gasteiger partial charge >= 0.3 is 4.94 Å². The second-order valence-corrected chi connectivity index (χ2v) is 8.72. The average Bonchev–Trinajstić information content (AvgIpc) is 3.02. The molecule has 10 heteroatoms. The maximum absolute atomic E-state index is 12.9. The second kappa shape index (κ2) is 6.43. The van der Waals surface area contributed by atoms with Crippen LogP contribution in [0.15, 0.2) is 62.6 Å². The van der Waals surface area contributed by atoms with E-state index in [0.29, 0.717) is 26.6 Å². The summed E-state index contributed by atoms with van der Waals surface area (Å²) in [6, 6.07) is 12.1. The zero-order chi connectivity index (χ0) is 20.1. The molecule has 1 aromatic heterocycles. The molecule has 28 heavy (non-hydrogen) atoms. The highest BCUT2D eigenvalue weighted by molar-refractivity contribution is 7.92. The van der Waals surface area contributed by atoms with E-state index in [0.717, 1.165) is 17.4 Å². The van der Waals surface area contributed by atoms with Crippen LogP contribution >= 0.6 is 11.3 Å². The Morgan fingerprint density at radius 3 is 2.54 bits per heavy atom. The molecular weight excluding hydrogens is 404 g/mol. The summed E-state index contributed by atoms with van der Waals surface area (Å²) in [6.45, 7) is 1.53. The number of fused-ring (bicyclic) bond motifs is 3. The fraction of sp³-hybridized carbons (Fsp3) is 0.0556. The predicted octanol–water partition coefficient (Wildman–Crippen LogP) is 4.03. The van der Waals surface area contributed by atoms with Crippen LogP contribution in [0.3, 0.4) is 0 Å². The van der Waals surface area contributed by atoms with Gasteiger partial charge in [-0.2, -0.15) is 0 Å². The minimum Gasteiger partial charge on any atom is -0.413 e. The summed E-state index contributed by atoms with van der Waals surface area (Å²) in [5.74, 6) is 0. The topological polar surface area (TPSA) is 120 Å². The number of nitrogens with zero attached hydrogens (tertiary/aromatic N) is 1. The van der Waals surface area contributed by atoms with Crippen LogP contribution < -0.4 is 9.66 Å². The standard InChI is InChI=1S/C18H12N2O6S2/c1-10-6-7-11(8-15(10)20(22)23)28(24,25)19-14-9-16-17(26-18(21)27-16)13-5-3-2-4-12(13)14/h2-9,19H,1H3. The molecule has 4 aromatic rings. The summed E-state index contributed by atoms with van der Waals surface area (Å²) in [5, 5.41) is 12.3. The fourth-order valence-electron chi connectivity index (χ4n) is 2.94. The quantitative estimate of drug-likeness (QED) is 0.396. The first kappa shape index (κ1) is 18.1. The van der Waals surface area contributed by atoms with E-state index in [9.17, 15) is 23.3 Å². The van der Waals surface area contributed by atoms with Crippen molar-refractivity contribution >= 4 is 53.8 Å². The van der Waals surface area contributed by atoms with Gasteiger partial charge in [0.2, 0.25) is 0 Å². The molecule has 4 rings (SSSR count). The van der Waals surface area contributed by atoms with Crippen LogP contribution in [0.5, 0.6) is 0 Å². The third kappa shape index (κ3) is 3.02. The molecule has 0 bridgehead atoms. The van der Waals surface area contributed by atoms with Crippen LogP contribution in [0, 0.1) is 17.0 Å². The normalized spacial score (nSPS) is 11.8. The fourth-order valence-corrected chi connectivity index (χ4v) is 4.76. The Balaban J connectivity index is 1.88. The maximum atomic E-state index is 12.9. The molecule has 0 aliphatic heterocycles. The number of benzene rings is 3. The van der Waals surface area contributed by atoms with Crippen molar-refractivity contribution in [1.82, 2.24) is 0 Å². The van der Waals surface area contributed by atoms with Gasteiger partial charge in [0.05, 0.1) is 20.2 Å². The third-order valence-corrected chi connectivity index (χ3v) is 6.41. The highest BCUT2D eigenvalue weighted by Gasteiger charge is 2.21. The van der Waals surface area contributed by atoms with Gasteiger partial charge in [-0.15, -0.1) is 0 Å². The summed E-state index contributed by atoms with van der Waals surface area (Å²) in [7, 11) is -4.10. The summed E-state index contributed by atoms with van der Waals surface area (Å²) in [5.41, 5.74) is 0.720. The number of aryl methyl sites for hydroxylation is 1. The van der Waals surface area contributed by atoms with Crippen molar-refractivity contribution in [3.8, 4) is 0 Å². The van der Waals surface area contributed by atoms with E-state index in [1.165, 1.54) is 25.1 Å². The molecule has 0 saturated heterocycles. The molecule has 0 unspecified atom stereocenters. The number of rotatable bonds is 4. The molecule has 8 nitrogen and oxygen atoms in total. The van der Waals surface area contributed by atoms with Gasteiger partial charge in [-0.05, 0) is 19.1 Å². The van der Waals surface area contributed by atoms with Gasteiger partial charge in [-0.25, -0.2) is 13.2 Å². The van der Waals surface area contributed by atoms with Gasteiger partial charge < -0.3 is 4.42 Å². The largest absolute Gasteiger partial charge is 0.413 e. The van der Waals surface area contributed by atoms with Crippen LogP contribution in [0.4, 0.5) is 11.4 Å². The summed E-state index contributed by atoms with van der Waals surface area (Å²) >= 11 is 0.865. The second-order valence-electron chi connectivity index (χ2n) is 6.06. The number of nitro benzene ring substituents is 1. The van der Waals surface area contributed by atoms with E-state index in [4.69, 9.17) is 4.42 Å². The monoisotopic (exact) mass is 416 g/mol. The SMILES string of the molecule is Cc1ccc(S(=O)(=O)Nc2cc3sc(=O)oc3c3ccccc23)cc1[N+](=O)[O-]. The first-order chi connectivity index (χ1) is 13.3. The Morgan fingerprint density at radius 2 is 1.82 bits per heavy atom. The van der Waals surface area contributed by atoms with Crippen molar-refractivity contribution in [3.05, 3.63) is 73.9 Å². The summed E-state index contributed by atoms with van der Waals surface area (Å²) in [4.78, 5) is 21.4. The molecule has 0 saturated carbocycles. The molecule has 0 aliphatic carbocycles. The number of nitro groups is 1. The first-order valence-corrected chi connectivity index (χ1v) is 10.3. The van der Waals surface area contributed by atoms with Crippen molar-refractivity contribution in [1.29, 1.82) is 0 Å². The van der Waals surface area contributed by atoms with Gasteiger partial charge in [0.15, 0.2) is 5.58 Å². The van der Waals surface area contributed by atoms with Crippen molar-refractivity contribution in [2.24, 2.45) is 0 Å². The lowest BCUT2D eigenvalue weighted by atomic mass is 10.1. The number of anilines is 1. The van der Waals surface area contributed by atoms with E-state index in [1.54, 1.807) is 24.3 Å². The van der Waals surface area contributed by atoms with Crippen molar-refractivity contribution in [2.45, 2.75) is 11.8 Å². The molecule has 0 atom stereocenters. The van der Waals surface area contributed by atoms with Crippen molar-refractivity contribution < 1.29 is 17.8 Å². The zero-order valence-corrected chi connectivity index (χ0v) is 16.0. The van der Waals surface area contributed by atoms with E-state index < -0.39 is 19.9 Å². The van der Waals surface area contributed by atoms with E-state index in [-0.39, 0.29) is 16.3 Å². The van der Waals surface area contributed by atoms with E-state index in [2.05, 4.69) is 4.72 Å². The lowest BCUT2D eigenvalue weighted by molar-refractivity contribution is -0.385. The summed E-state index contributed by atoms with van der Waals surface area (Å²) < 4.78 is 33.9. The van der Waals surface area contributed by atoms with Crippen LogP contribution in [0.1, 0.15) is 5.56 Å². The molecule has 0 fully saturated rings. The smallest absolute Gasteiger partial charge is 0.396 e. The Labute approximate surface area is 162 Å². The molecule has 1 N–H and O–H groups in total. The predicted molar refractivity (Wildman–Crippen MR) is 107 cm³/mol. The molecule has 0 amide bonds. The Morgan fingerprint density at radius 1 is 1.11 bits per heavy atom. The molecule has 3 aromatic carbocycles. The molecule has 0 aliphatic rings. The van der Waals surface area contributed by atoms with Crippen LogP contribution in [0.2, 0.25) is 0 Å². The molecule has 142 valence electrons. The highest BCUT2D eigenvalue weighted by atomic mass is 32.2. The minimum absolute atomic E-state index is 0.227. The third-order valence-electron chi connectivity index (χ3n) is 4.27. The van der Waals surface area contributed by atoms with Gasteiger partial charge in [0.1, 0.15) is 0 Å². The van der Waals surface area contributed by atoms with Gasteiger partial charge in [0.25, 0.3) is 15.7 Å². The lowest BCUT2D eigenvalue weighted by Crippen LogP contribution is -2.13. The minimum atomic E-state index is -4.10. The van der Waals surface area contributed by atoms with Gasteiger partial charge in [-0.1, -0.05) is 41.7 Å². The first-order valence-electron chi connectivity index (χ1n) is 7.99. The van der Waals surface area contributed by atoms with Gasteiger partial charge in [0, 0.05) is 22.4 Å². The molecule has 0 radical (unpaired) electrons. The number of nitrogens with one attached hydrogen (secondary N) is 1. The van der Waals surface area contributed by atoms with E-state index in [1.807, 2.05) is 0 Å². The molecular formula is C18H12N2O6S2. The Hall–Kier alpha value is -3.24. The van der Waals surface area contributed by atoms with Crippen molar-refractivity contribution in [3.63, 3.8) is 0 Å². The number of hydrogen-bond acceptors (Lipinski definition) is 7. The molecule has 0 spiro atoms. The molecule has 1 heterocycles. The van der Waals surface area contributed by atoms with Crippen LogP contribution in [0.25, 0.3) is 21.1 Å². The number of sulfonamides is 1. The van der Waals surface area contributed by atoms with Crippen molar-refractivity contribution in [2.75, 3.05) is 4.72 Å².